The maximum atomic E-state index is 11.2. The van der Waals surface area contributed by atoms with Crippen LogP contribution in [0.1, 0.15) is 24.8 Å². The summed E-state index contributed by atoms with van der Waals surface area (Å²) in [6.07, 6.45) is 0.529. The molecule has 0 fully saturated rings. The van der Waals surface area contributed by atoms with Gasteiger partial charge in [0.15, 0.2) is 0 Å². The van der Waals surface area contributed by atoms with E-state index in [4.69, 9.17) is 4.74 Å². The van der Waals surface area contributed by atoms with Gasteiger partial charge in [-0.25, -0.2) is 0 Å². The number of pyridine rings is 1. The van der Waals surface area contributed by atoms with Gasteiger partial charge < -0.3 is 10.1 Å². The first kappa shape index (κ1) is 8.99. The number of anilines is 1. The summed E-state index contributed by atoms with van der Waals surface area (Å²) in [5, 5.41) is 2.73. The van der Waals surface area contributed by atoms with E-state index in [1.807, 2.05) is 19.1 Å². The minimum atomic E-state index is 0.0192. The zero-order valence-corrected chi connectivity index (χ0v) is 8.20. The number of aromatic nitrogens is 1. The Bertz CT molecular complexity index is 376. The molecule has 0 saturated carbocycles. The summed E-state index contributed by atoms with van der Waals surface area (Å²) < 4.78 is 4.99. The number of nitrogens with one attached hydrogen (secondary N) is 1. The van der Waals surface area contributed by atoms with Crippen LogP contribution in [0.2, 0.25) is 0 Å². The predicted octanol–water partition coefficient (Wildman–Crippen LogP) is 1.54. The van der Waals surface area contributed by atoms with Crippen LogP contribution in [0, 0.1) is 0 Å². The van der Waals surface area contributed by atoms with Crippen LogP contribution in [0.25, 0.3) is 0 Å². The molecule has 1 atom stereocenters. The van der Waals surface area contributed by atoms with E-state index < -0.39 is 0 Å². The summed E-state index contributed by atoms with van der Waals surface area (Å²) in [6.45, 7) is 2.02. The molecule has 0 saturated heterocycles. The first-order valence-corrected chi connectivity index (χ1v) is 4.55. The van der Waals surface area contributed by atoms with Crippen molar-refractivity contribution in [1.82, 2.24) is 4.98 Å². The van der Waals surface area contributed by atoms with Crippen LogP contribution in [-0.2, 0) is 4.79 Å². The third-order valence-corrected chi connectivity index (χ3v) is 2.39. The number of ether oxygens (including phenoxy) is 1. The molecule has 2 heterocycles. The summed E-state index contributed by atoms with van der Waals surface area (Å²) in [4.78, 5) is 15.4. The molecule has 4 nitrogen and oxygen atoms in total. The SMILES string of the molecule is COc1ccc2c(n1)NC(=O)C[C@H]2C. The molecule has 1 aromatic heterocycles. The molecule has 1 aliphatic heterocycles. The van der Waals surface area contributed by atoms with E-state index >= 15 is 0 Å². The van der Waals surface area contributed by atoms with E-state index in [9.17, 15) is 4.79 Å². The Hall–Kier alpha value is -1.58. The van der Waals surface area contributed by atoms with Gasteiger partial charge >= 0.3 is 0 Å². The summed E-state index contributed by atoms with van der Waals surface area (Å²) in [7, 11) is 1.56. The highest BCUT2D eigenvalue weighted by Crippen LogP contribution is 2.31. The molecular weight excluding hydrogens is 180 g/mol. The largest absolute Gasteiger partial charge is 0.481 e. The minimum absolute atomic E-state index is 0.0192. The van der Waals surface area contributed by atoms with E-state index in [0.29, 0.717) is 18.1 Å². The van der Waals surface area contributed by atoms with E-state index in [1.54, 1.807) is 7.11 Å². The highest BCUT2D eigenvalue weighted by molar-refractivity contribution is 5.93. The van der Waals surface area contributed by atoms with E-state index in [0.717, 1.165) is 5.56 Å². The van der Waals surface area contributed by atoms with Crippen molar-refractivity contribution in [3.63, 3.8) is 0 Å². The Morgan fingerprint density at radius 1 is 1.57 bits per heavy atom. The number of hydrogen-bond acceptors (Lipinski definition) is 3. The van der Waals surface area contributed by atoms with Gasteiger partial charge in [0.25, 0.3) is 0 Å². The van der Waals surface area contributed by atoms with Crippen LogP contribution >= 0.6 is 0 Å². The van der Waals surface area contributed by atoms with Crippen molar-refractivity contribution in [2.75, 3.05) is 12.4 Å². The van der Waals surface area contributed by atoms with Crippen LogP contribution < -0.4 is 10.1 Å². The second-order valence-electron chi connectivity index (χ2n) is 3.44. The Kier molecular flexibility index (Phi) is 2.11. The molecule has 0 bridgehead atoms. The van der Waals surface area contributed by atoms with Gasteiger partial charge in [-0.15, -0.1) is 0 Å². The fourth-order valence-corrected chi connectivity index (χ4v) is 1.63. The number of amides is 1. The van der Waals surface area contributed by atoms with Crippen LogP contribution in [0.3, 0.4) is 0 Å². The molecule has 0 radical (unpaired) electrons. The number of carbonyl (C=O) groups excluding carboxylic acids is 1. The van der Waals surface area contributed by atoms with Crippen LogP contribution in [-0.4, -0.2) is 18.0 Å². The van der Waals surface area contributed by atoms with Crippen LogP contribution in [0.4, 0.5) is 5.82 Å². The number of nitrogens with zero attached hydrogens (tertiary/aromatic N) is 1. The Balaban J connectivity index is 2.43. The Morgan fingerprint density at radius 2 is 2.36 bits per heavy atom. The van der Waals surface area contributed by atoms with Gasteiger partial charge in [0, 0.05) is 12.5 Å². The standard InChI is InChI=1S/C10H12N2O2/c1-6-5-8(13)11-10-7(6)3-4-9(12-10)14-2/h3-4,6H,5H2,1-2H3,(H,11,12,13)/t6-/m1/s1. The minimum Gasteiger partial charge on any atom is -0.481 e. The van der Waals surface area contributed by atoms with Crippen molar-refractivity contribution in [3.8, 4) is 5.88 Å². The highest BCUT2D eigenvalue weighted by atomic mass is 16.5. The third kappa shape index (κ3) is 1.43. The second-order valence-corrected chi connectivity index (χ2v) is 3.44. The average Bonchev–Trinajstić information content (AvgIpc) is 2.16. The fourth-order valence-electron chi connectivity index (χ4n) is 1.63. The normalized spacial score (nSPS) is 19.9. The predicted molar refractivity (Wildman–Crippen MR) is 52.5 cm³/mol. The molecule has 1 aromatic rings. The molecule has 1 N–H and O–H groups in total. The maximum absolute atomic E-state index is 11.2. The molecule has 4 heteroatoms. The van der Waals surface area contributed by atoms with E-state index in [-0.39, 0.29) is 11.8 Å². The molecule has 1 aliphatic rings. The quantitative estimate of drug-likeness (QED) is 0.734. The smallest absolute Gasteiger partial charge is 0.226 e. The van der Waals surface area contributed by atoms with Gasteiger partial charge in [-0.1, -0.05) is 6.92 Å². The van der Waals surface area contributed by atoms with Gasteiger partial charge in [0.2, 0.25) is 11.8 Å². The molecule has 0 unspecified atom stereocenters. The Morgan fingerprint density at radius 3 is 3.07 bits per heavy atom. The lowest BCUT2D eigenvalue weighted by atomic mass is 9.95. The van der Waals surface area contributed by atoms with Crippen molar-refractivity contribution in [1.29, 1.82) is 0 Å². The number of carbonyl (C=O) groups is 1. The molecule has 14 heavy (non-hydrogen) atoms. The van der Waals surface area contributed by atoms with E-state index in [1.165, 1.54) is 0 Å². The topological polar surface area (TPSA) is 51.2 Å². The molecular formula is C10H12N2O2. The summed E-state index contributed by atoms with van der Waals surface area (Å²) in [5.74, 6) is 1.41. The third-order valence-electron chi connectivity index (χ3n) is 2.39. The van der Waals surface area contributed by atoms with Gasteiger partial charge in [-0.3, -0.25) is 4.79 Å². The summed E-state index contributed by atoms with van der Waals surface area (Å²) in [5.41, 5.74) is 1.07. The van der Waals surface area contributed by atoms with Crippen molar-refractivity contribution in [2.24, 2.45) is 0 Å². The molecule has 2 rings (SSSR count). The maximum Gasteiger partial charge on any atom is 0.226 e. The lowest BCUT2D eigenvalue weighted by Gasteiger charge is -2.21. The van der Waals surface area contributed by atoms with Crippen LogP contribution in [0.5, 0.6) is 5.88 Å². The molecule has 0 aliphatic carbocycles. The number of methoxy groups -OCH3 is 1. The fraction of sp³-hybridized carbons (Fsp3) is 0.400. The zero-order valence-electron chi connectivity index (χ0n) is 8.20. The molecule has 74 valence electrons. The number of rotatable bonds is 1. The van der Waals surface area contributed by atoms with Crippen molar-refractivity contribution < 1.29 is 9.53 Å². The first-order chi connectivity index (χ1) is 6.70. The van der Waals surface area contributed by atoms with Gasteiger partial charge in [-0.2, -0.15) is 4.98 Å². The van der Waals surface area contributed by atoms with Gasteiger partial charge in [0.05, 0.1) is 7.11 Å². The van der Waals surface area contributed by atoms with Gasteiger partial charge in [-0.05, 0) is 17.5 Å². The van der Waals surface area contributed by atoms with Crippen molar-refractivity contribution in [2.45, 2.75) is 19.3 Å². The molecule has 0 aromatic carbocycles. The second kappa shape index (κ2) is 3.29. The summed E-state index contributed by atoms with van der Waals surface area (Å²) >= 11 is 0. The molecule has 1 amide bonds. The monoisotopic (exact) mass is 192 g/mol. The number of fused-ring (bicyclic) bond motifs is 1. The number of hydrogen-bond donors (Lipinski definition) is 1. The first-order valence-electron chi connectivity index (χ1n) is 4.55. The lowest BCUT2D eigenvalue weighted by molar-refractivity contribution is -0.116. The van der Waals surface area contributed by atoms with Crippen LogP contribution in [0.15, 0.2) is 12.1 Å². The van der Waals surface area contributed by atoms with E-state index in [2.05, 4.69) is 10.3 Å². The zero-order chi connectivity index (χ0) is 10.1. The summed E-state index contributed by atoms with van der Waals surface area (Å²) in [6, 6.07) is 3.76. The highest BCUT2D eigenvalue weighted by Gasteiger charge is 2.22. The average molecular weight is 192 g/mol. The van der Waals surface area contributed by atoms with Crippen molar-refractivity contribution in [3.05, 3.63) is 17.7 Å². The van der Waals surface area contributed by atoms with Gasteiger partial charge in [0.1, 0.15) is 5.82 Å². The lowest BCUT2D eigenvalue weighted by Crippen LogP contribution is -2.22. The Labute approximate surface area is 82.3 Å². The van der Waals surface area contributed by atoms with Crippen molar-refractivity contribution >= 4 is 11.7 Å². The molecule has 0 spiro atoms.